The second kappa shape index (κ2) is 7.49. The van der Waals surface area contributed by atoms with Gasteiger partial charge in [-0.1, -0.05) is 36.4 Å². The van der Waals surface area contributed by atoms with Gasteiger partial charge in [0.2, 0.25) is 10.0 Å². The Morgan fingerprint density at radius 1 is 1.00 bits per heavy atom. The molecule has 128 valence electrons. The standard InChI is InChI=1S/C18H22N2O3S/c1-4-24(22,23)20(3)17-12-8-11-16(13-17)18(21)19(2)14-15-9-6-5-7-10-15/h5-13H,4,14H2,1-3H3. The van der Waals surface area contributed by atoms with Crippen molar-refractivity contribution < 1.29 is 13.2 Å². The zero-order valence-corrected chi connectivity index (χ0v) is 15.0. The van der Waals surface area contributed by atoms with Crippen LogP contribution in [-0.2, 0) is 16.6 Å². The van der Waals surface area contributed by atoms with Crippen LogP contribution in [0.15, 0.2) is 54.6 Å². The molecule has 24 heavy (non-hydrogen) atoms. The van der Waals surface area contributed by atoms with Gasteiger partial charge in [-0.15, -0.1) is 0 Å². The highest BCUT2D eigenvalue weighted by Crippen LogP contribution is 2.19. The molecule has 5 nitrogen and oxygen atoms in total. The molecule has 0 spiro atoms. The summed E-state index contributed by atoms with van der Waals surface area (Å²) in [5.74, 6) is -0.140. The van der Waals surface area contributed by atoms with Crippen molar-refractivity contribution in [3.63, 3.8) is 0 Å². The topological polar surface area (TPSA) is 57.7 Å². The average molecular weight is 346 g/mol. The van der Waals surface area contributed by atoms with Gasteiger partial charge in [0, 0.05) is 26.2 Å². The van der Waals surface area contributed by atoms with E-state index in [1.165, 1.54) is 11.4 Å². The SMILES string of the molecule is CCS(=O)(=O)N(C)c1cccc(C(=O)N(C)Cc2ccccc2)c1. The van der Waals surface area contributed by atoms with E-state index in [9.17, 15) is 13.2 Å². The third-order valence-corrected chi connectivity index (χ3v) is 5.62. The van der Waals surface area contributed by atoms with Gasteiger partial charge in [-0.3, -0.25) is 9.10 Å². The second-order valence-corrected chi connectivity index (χ2v) is 7.85. The molecule has 6 heteroatoms. The second-order valence-electron chi connectivity index (χ2n) is 5.57. The molecular formula is C18H22N2O3S. The van der Waals surface area contributed by atoms with E-state index in [-0.39, 0.29) is 11.7 Å². The van der Waals surface area contributed by atoms with Crippen molar-refractivity contribution in [3.8, 4) is 0 Å². The molecule has 0 heterocycles. The normalized spacial score (nSPS) is 11.1. The number of nitrogens with zero attached hydrogens (tertiary/aromatic N) is 2. The van der Waals surface area contributed by atoms with Crippen molar-refractivity contribution in [2.75, 3.05) is 24.2 Å². The highest BCUT2D eigenvalue weighted by molar-refractivity contribution is 7.92. The summed E-state index contributed by atoms with van der Waals surface area (Å²) in [5.41, 5.74) is 1.98. The van der Waals surface area contributed by atoms with Crippen molar-refractivity contribution in [3.05, 3.63) is 65.7 Å². The number of benzene rings is 2. The van der Waals surface area contributed by atoms with E-state index in [1.54, 1.807) is 43.1 Å². The van der Waals surface area contributed by atoms with Crippen LogP contribution in [0.5, 0.6) is 0 Å². The Bertz CT molecular complexity index is 804. The summed E-state index contributed by atoms with van der Waals surface area (Å²) in [6.45, 7) is 2.08. The van der Waals surface area contributed by atoms with Crippen molar-refractivity contribution in [1.29, 1.82) is 0 Å². The lowest BCUT2D eigenvalue weighted by Gasteiger charge is -2.21. The maximum Gasteiger partial charge on any atom is 0.253 e. The average Bonchev–Trinajstić information content (AvgIpc) is 2.61. The summed E-state index contributed by atoms with van der Waals surface area (Å²) >= 11 is 0. The van der Waals surface area contributed by atoms with Crippen molar-refractivity contribution in [1.82, 2.24) is 4.90 Å². The lowest BCUT2D eigenvalue weighted by Crippen LogP contribution is -2.29. The van der Waals surface area contributed by atoms with Crippen LogP contribution >= 0.6 is 0 Å². The lowest BCUT2D eigenvalue weighted by molar-refractivity contribution is 0.0785. The minimum absolute atomic E-state index is 0.00951. The van der Waals surface area contributed by atoms with E-state index in [0.29, 0.717) is 17.8 Å². The Labute approximate surface area is 143 Å². The Balaban J connectivity index is 2.20. The van der Waals surface area contributed by atoms with Gasteiger partial charge in [0.15, 0.2) is 0 Å². The summed E-state index contributed by atoms with van der Waals surface area (Å²) in [6.07, 6.45) is 0. The van der Waals surface area contributed by atoms with Crippen LogP contribution in [-0.4, -0.2) is 39.1 Å². The van der Waals surface area contributed by atoms with Gasteiger partial charge >= 0.3 is 0 Å². The largest absolute Gasteiger partial charge is 0.337 e. The Morgan fingerprint density at radius 2 is 1.67 bits per heavy atom. The number of anilines is 1. The molecule has 0 aliphatic carbocycles. The first kappa shape index (κ1) is 18.0. The fourth-order valence-electron chi connectivity index (χ4n) is 2.34. The molecule has 2 aromatic rings. The van der Waals surface area contributed by atoms with Crippen molar-refractivity contribution >= 4 is 21.6 Å². The van der Waals surface area contributed by atoms with Gasteiger partial charge in [-0.25, -0.2) is 8.42 Å². The van der Waals surface area contributed by atoms with E-state index in [4.69, 9.17) is 0 Å². The zero-order valence-electron chi connectivity index (χ0n) is 14.1. The fraction of sp³-hybridized carbons (Fsp3) is 0.278. The summed E-state index contributed by atoms with van der Waals surface area (Å²) in [7, 11) is -0.127. The number of carbonyl (C=O) groups excluding carboxylic acids is 1. The molecule has 0 aromatic heterocycles. The van der Waals surface area contributed by atoms with Crippen LogP contribution < -0.4 is 4.31 Å². The smallest absolute Gasteiger partial charge is 0.253 e. The molecule has 0 N–H and O–H groups in total. The van der Waals surface area contributed by atoms with Gasteiger partial charge in [0.05, 0.1) is 11.4 Å². The molecule has 1 amide bonds. The summed E-state index contributed by atoms with van der Waals surface area (Å²) in [6, 6.07) is 16.4. The van der Waals surface area contributed by atoms with Crippen LogP contribution in [0.25, 0.3) is 0 Å². The van der Waals surface area contributed by atoms with Crippen LogP contribution in [0, 0.1) is 0 Å². The van der Waals surface area contributed by atoms with E-state index in [1.807, 2.05) is 30.3 Å². The Morgan fingerprint density at radius 3 is 2.29 bits per heavy atom. The first-order valence-corrected chi connectivity index (χ1v) is 9.32. The van der Waals surface area contributed by atoms with Crippen LogP contribution in [0.1, 0.15) is 22.8 Å². The van der Waals surface area contributed by atoms with Gasteiger partial charge in [0.25, 0.3) is 5.91 Å². The number of hydrogen-bond acceptors (Lipinski definition) is 3. The van der Waals surface area contributed by atoms with E-state index >= 15 is 0 Å². The summed E-state index contributed by atoms with van der Waals surface area (Å²) in [5, 5.41) is 0. The number of carbonyl (C=O) groups is 1. The molecule has 0 radical (unpaired) electrons. The first-order valence-electron chi connectivity index (χ1n) is 7.71. The Hall–Kier alpha value is -2.34. The predicted molar refractivity (Wildman–Crippen MR) is 96.5 cm³/mol. The molecule has 0 atom stereocenters. The van der Waals surface area contributed by atoms with Gasteiger partial charge in [-0.2, -0.15) is 0 Å². The fourth-order valence-corrected chi connectivity index (χ4v) is 3.16. The molecule has 0 aliphatic rings. The quantitative estimate of drug-likeness (QED) is 0.808. The van der Waals surface area contributed by atoms with Gasteiger partial charge in [-0.05, 0) is 30.7 Å². The molecule has 2 aromatic carbocycles. The highest BCUT2D eigenvalue weighted by Gasteiger charge is 2.18. The highest BCUT2D eigenvalue weighted by atomic mass is 32.2. The first-order chi connectivity index (χ1) is 11.3. The molecular weight excluding hydrogens is 324 g/mol. The third kappa shape index (κ3) is 4.14. The summed E-state index contributed by atoms with van der Waals surface area (Å²) < 4.78 is 25.2. The molecule has 0 unspecified atom stereocenters. The molecule has 2 rings (SSSR count). The number of rotatable bonds is 6. The van der Waals surface area contributed by atoms with E-state index < -0.39 is 10.0 Å². The third-order valence-electron chi connectivity index (χ3n) is 3.85. The molecule has 0 saturated carbocycles. The molecule has 0 aliphatic heterocycles. The summed E-state index contributed by atoms with van der Waals surface area (Å²) in [4.78, 5) is 14.2. The molecule has 0 bridgehead atoms. The number of hydrogen-bond donors (Lipinski definition) is 0. The van der Waals surface area contributed by atoms with Crippen LogP contribution in [0.4, 0.5) is 5.69 Å². The number of amides is 1. The zero-order chi connectivity index (χ0) is 17.7. The predicted octanol–water partition coefficient (Wildman–Crippen LogP) is 2.74. The molecule has 0 fully saturated rings. The van der Waals surface area contributed by atoms with Gasteiger partial charge < -0.3 is 4.90 Å². The van der Waals surface area contributed by atoms with Crippen LogP contribution in [0.3, 0.4) is 0 Å². The molecule has 0 saturated heterocycles. The lowest BCUT2D eigenvalue weighted by atomic mass is 10.1. The monoisotopic (exact) mass is 346 g/mol. The van der Waals surface area contributed by atoms with E-state index in [0.717, 1.165) is 5.56 Å². The van der Waals surface area contributed by atoms with Crippen molar-refractivity contribution in [2.24, 2.45) is 0 Å². The maximum absolute atomic E-state index is 12.6. The van der Waals surface area contributed by atoms with E-state index in [2.05, 4.69) is 0 Å². The van der Waals surface area contributed by atoms with Crippen LogP contribution in [0.2, 0.25) is 0 Å². The Kier molecular flexibility index (Phi) is 5.62. The van der Waals surface area contributed by atoms with Gasteiger partial charge in [0.1, 0.15) is 0 Å². The minimum atomic E-state index is -3.35. The number of sulfonamides is 1. The van der Waals surface area contributed by atoms with Crippen molar-refractivity contribution in [2.45, 2.75) is 13.5 Å². The minimum Gasteiger partial charge on any atom is -0.337 e. The maximum atomic E-state index is 12.6.